The number of carbonyl (C=O) groups excluding carboxylic acids is 2. The molecule has 0 saturated carbocycles. The molecule has 68 heavy (non-hydrogen) atoms. The van der Waals surface area contributed by atoms with Gasteiger partial charge in [0.05, 0.1) is 27.7 Å². The molecule has 0 amide bonds. The summed E-state index contributed by atoms with van der Waals surface area (Å²) in [5, 5.41) is 0. The number of carbonyl (C=O) groups is 2. The van der Waals surface area contributed by atoms with E-state index in [0.29, 0.717) is 17.4 Å². The van der Waals surface area contributed by atoms with E-state index >= 15 is 0 Å². The summed E-state index contributed by atoms with van der Waals surface area (Å²) in [6.45, 7) is 4.25. The molecule has 0 bridgehead atoms. The van der Waals surface area contributed by atoms with Gasteiger partial charge >= 0.3 is 19.8 Å². The lowest BCUT2D eigenvalue weighted by Crippen LogP contribution is -2.37. The largest absolute Gasteiger partial charge is 0.472 e. The van der Waals surface area contributed by atoms with Crippen LogP contribution in [0.4, 0.5) is 0 Å². The number of quaternary nitrogens is 1. The van der Waals surface area contributed by atoms with Crippen LogP contribution in [0.15, 0.2) is 97.2 Å². The second-order valence-electron chi connectivity index (χ2n) is 18.9. The summed E-state index contributed by atoms with van der Waals surface area (Å²) in [7, 11) is 1.46. The van der Waals surface area contributed by atoms with Crippen molar-refractivity contribution in [3.63, 3.8) is 0 Å². The smallest absolute Gasteiger partial charge is 0.462 e. The molecule has 0 aliphatic rings. The van der Waals surface area contributed by atoms with Gasteiger partial charge < -0.3 is 18.9 Å². The lowest BCUT2D eigenvalue weighted by molar-refractivity contribution is -0.870. The number of esters is 2. The molecule has 0 aliphatic heterocycles. The van der Waals surface area contributed by atoms with Crippen LogP contribution in [-0.2, 0) is 32.7 Å². The lowest BCUT2D eigenvalue weighted by atomic mass is 10.0. The zero-order valence-corrected chi connectivity index (χ0v) is 45.0. The predicted octanol–water partition coefficient (Wildman–Crippen LogP) is 16.5. The maximum Gasteiger partial charge on any atom is 0.472 e. The first-order chi connectivity index (χ1) is 33.0. The molecule has 0 aliphatic carbocycles. The topological polar surface area (TPSA) is 108 Å². The standard InChI is InChI=1S/C58H100NO8P/c1-6-8-10-12-14-16-18-19-20-21-22-23-24-25-26-27-28-29-30-31-32-33-34-35-36-37-38-39-41-43-45-47-49-51-58(61)67-56(55-66-68(62,63)65-53-52-59(3,4)5)54-64-57(60)50-48-46-44-42-40-17-15-13-11-9-7-2/h8,10,13-16,19-20,22-23,25-26,28-29,31-32,56H,6-7,9,11-12,17-18,21,24,27,30,33-55H2,1-5H3/p+1/b10-8-,15-13-,16-14-,20-19-,23-22-,26-25-,29-28-,32-31-. The van der Waals surface area contributed by atoms with Crippen molar-refractivity contribution >= 4 is 19.8 Å². The van der Waals surface area contributed by atoms with Crippen molar-refractivity contribution in [1.29, 1.82) is 0 Å². The van der Waals surface area contributed by atoms with Crippen LogP contribution >= 0.6 is 7.82 Å². The van der Waals surface area contributed by atoms with Gasteiger partial charge in [-0.2, -0.15) is 0 Å². The molecule has 2 unspecified atom stereocenters. The Labute approximate surface area is 417 Å². The molecular weight excluding hydrogens is 870 g/mol. The average molecular weight is 971 g/mol. The molecule has 0 saturated heterocycles. The van der Waals surface area contributed by atoms with Gasteiger partial charge in [0.2, 0.25) is 0 Å². The number of allylic oxidation sites excluding steroid dienone is 16. The molecule has 10 heteroatoms. The minimum absolute atomic E-state index is 0.0259. The molecule has 0 spiro atoms. The average Bonchev–Trinajstić information content (AvgIpc) is 3.30. The second kappa shape index (κ2) is 48.9. The van der Waals surface area contributed by atoms with Crippen LogP contribution in [0.3, 0.4) is 0 Å². The summed E-state index contributed by atoms with van der Waals surface area (Å²) in [6, 6.07) is 0. The Morgan fingerprint density at radius 1 is 0.471 bits per heavy atom. The van der Waals surface area contributed by atoms with E-state index in [9.17, 15) is 19.0 Å². The highest BCUT2D eigenvalue weighted by Crippen LogP contribution is 2.43. The van der Waals surface area contributed by atoms with E-state index in [1.165, 1.54) is 57.8 Å². The number of ether oxygens (including phenoxy) is 2. The Bertz CT molecular complexity index is 1470. The molecule has 0 aromatic heterocycles. The quantitative estimate of drug-likeness (QED) is 0.0211. The SMILES string of the molecule is CC/C=C\C/C=C\C/C=C\C/C=C\C/C=C\C/C=C\C/C=C\CCCCCCCCCCCCCC(=O)OC(COC(=O)CCCCCCC/C=C\CCCC)COP(=O)(O)OCC[N+](C)(C)C. The summed E-state index contributed by atoms with van der Waals surface area (Å²) in [5.41, 5.74) is 0. The Morgan fingerprint density at radius 2 is 0.838 bits per heavy atom. The highest BCUT2D eigenvalue weighted by atomic mass is 31.2. The van der Waals surface area contributed by atoms with Gasteiger partial charge in [0.15, 0.2) is 6.10 Å². The van der Waals surface area contributed by atoms with Crippen molar-refractivity contribution in [2.24, 2.45) is 0 Å². The highest BCUT2D eigenvalue weighted by Gasteiger charge is 2.27. The van der Waals surface area contributed by atoms with Gasteiger partial charge in [0.25, 0.3) is 0 Å². The third-order valence-corrected chi connectivity index (χ3v) is 12.1. The van der Waals surface area contributed by atoms with Crippen molar-refractivity contribution in [3.05, 3.63) is 97.2 Å². The van der Waals surface area contributed by atoms with Gasteiger partial charge in [-0.15, -0.1) is 0 Å². The van der Waals surface area contributed by atoms with Crippen molar-refractivity contribution in [3.8, 4) is 0 Å². The number of hydrogen-bond donors (Lipinski definition) is 1. The lowest BCUT2D eigenvalue weighted by Gasteiger charge is -2.24. The van der Waals surface area contributed by atoms with Crippen molar-refractivity contribution in [2.45, 2.75) is 213 Å². The number of phosphoric ester groups is 1. The number of unbranched alkanes of at least 4 members (excludes halogenated alkanes) is 18. The zero-order chi connectivity index (χ0) is 49.9. The van der Waals surface area contributed by atoms with Crippen LogP contribution in [0.1, 0.15) is 206 Å². The van der Waals surface area contributed by atoms with Crippen LogP contribution in [-0.4, -0.2) is 74.9 Å². The van der Waals surface area contributed by atoms with Gasteiger partial charge in [-0.25, -0.2) is 4.57 Å². The Balaban J connectivity index is 4.11. The fourth-order valence-electron chi connectivity index (χ4n) is 6.92. The van der Waals surface area contributed by atoms with Gasteiger partial charge in [-0.3, -0.25) is 18.6 Å². The maximum absolute atomic E-state index is 12.8. The number of hydrogen-bond acceptors (Lipinski definition) is 7. The van der Waals surface area contributed by atoms with E-state index in [1.54, 1.807) is 0 Å². The van der Waals surface area contributed by atoms with Crippen LogP contribution in [0.5, 0.6) is 0 Å². The summed E-state index contributed by atoms with van der Waals surface area (Å²) in [5.74, 6) is -0.818. The van der Waals surface area contributed by atoms with Crippen molar-refractivity contribution in [2.75, 3.05) is 47.5 Å². The summed E-state index contributed by atoms with van der Waals surface area (Å²) in [6.07, 6.45) is 66.2. The minimum atomic E-state index is -4.39. The van der Waals surface area contributed by atoms with E-state index < -0.39 is 26.5 Å². The Kier molecular flexibility index (Phi) is 46.7. The normalized spacial score (nSPS) is 14.1. The first-order valence-corrected chi connectivity index (χ1v) is 28.5. The first-order valence-electron chi connectivity index (χ1n) is 27.0. The molecular formula is C58H101NO8P+. The maximum atomic E-state index is 12.8. The molecule has 0 aromatic carbocycles. The first kappa shape index (κ1) is 64.9. The third kappa shape index (κ3) is 52.3. The zero-order valence-electron chi connectivity index (χ0n) is 44.1. The second-order valence-corrected chi connectivity index (χ2v) is 20.3. The van der Waals surface area contributed by atoms with E-state index in [-0.39, 0.29) is 32.0 Å². The molecule has 1 N–H and O–H groups in total. The summed E-state index contributed by atoms with van der Waals surface area (Å²) in [4.78, 5) is 35.5. The van der Waals surface area contributed by atoms with Crippen LogP contribution in [0.25, 0.3) is 0 Å². The molecule has 0 rings (SSSR count). The fourth-order valence-corrected chi connectivity index (χ4v) is 7.66. The monoisotopic (exact) mass is 971 g/mol. The molecule has 9 nitrogen and oxygen atoms in total. The molecule has 0 aromatic rings. The van der Waals surface area contributed by atoms with E-state index in [2.05, 4.69) is 111 Å². The Morgan fingerprint density at radius 3 is 1.26 bits per heavy atom. The summed E-state index contributed by atoms with van der Waals surface area (Å²) < 4.78 is 34.4. The highest BCUT2D eigenvalue weighted by molar-refractivity contribution is 7.47. The van der Waals surface area contributed by atoms with Gasteiger partial charge in [-0.05, 0) is 89.9 Å². The van der Waals surface area contributed by atoms with Crippen molar-refractivity contribution in [1.82, 2.24) is 0 Å². The number of nitrogens with zero attached hydrogens (tertiary/aromatic N) is 1. The molecule has 0 fully saturated rings. The fraction of sp³-hybridized carbons (Fsp3) is 0.690. The predicted molar refractivity (Wildman–Crippen MR) is 288 cm³/mol. The Hall–Kier alpha value is -3.07. The van der Waals surface area contributed by atoms with E-state index in [4.69, 9.17) is 18.5 Å². The third-order valence-electron chi connectivity index (χ3n) is 11.1. The van der Waals surface area contributed by atoms with Gasteiger partial charge in [0, 0.05) is 12.8 Å². The van der Waals surface area contributed by atoms with Gasteiger partial charge in [0.1, 0.15) is 19.8 Å². The molecule has 2 atom stereocenters. The van der Waals surface area contributed by atoms with Crippen molar-refractivity contribution < 1.29 is 42.1 Å². The van der Waals surface area contributed by atoms with Crippen LogP contribution < -0.4 is 0 Å². The molecule has 0 heterocycles. The van der Waals surface area contributed by atoms with Crippen LogP contribution in [0.2, 0.25) is 0 Å². The number of phosphoric acid groups is 1. The molecule has 0 radical (unpaired) electrons. The number of rotatable bonds is 48. The molecule has 390 valence electrons. The van der Waals surface area contributed by atoms with Crippen LogP contribution in [0, 0.1) is 0 Å². The number of likely N-dealkylation sites (N-methyl/N-ethyl adjacent to an activating group) is 1. The van der Waals surface area contributed by atoms with E-state index in [0.717, 1.165) is 116 Å². The summed E-state index contributed by atoms with van der Waals surface area (Å²) >= 11 is 0. The van der Waals surface area contributed by atoms with E-state index in [1.807, 2.05) is 21.1 Å². The van der Waals surface area contributed by atoms with Gasteiger partial charge in [-0.1, -0.05) is 201 Å². The minimum Gasteiger partial charge on any atom is -0.462 e.